The number of aliphatic carboxylic acids is 1. The van der Waals surface area contributed by atoms with E-state index in [4.69, 9.17) is 9.15 Å². The maximum atomic E-state index is 14.0. The number of phenols is 1. The predicted octanol–water partition coefficient (Wildman–Crippen LogP) is 1.95. The molecule has 1 aromatic heterocycles. The fourth-order valence-corrected chi connectivity index (χ4v) is 5.73. The number of hydrogen-bond acceptors (Lipinski definition) is 10. The lowest BCUT2D eigenvalue weighted by Crippen LogP contribution is -2.61. The second kappa shape index (κ2) is 16.1. The normalized spacial score (nSPS) is 16.3. The molecule has 15 nitrogen and oxygen atoms in total. The molecular formula is C34H41N5O10. The van der Waals surface area contributed by atoms with Crippen LogP contribution < -0.4 is 20.7 Å². The lowest BCUT2D eigenvalue weighted by Gasteiger charge is -2.38. The van der Waals surface area contributed by atoms with Crippen LogP contribution >= 0.6 is 0 Å². The minimum atomic E-state index is -1.55. The number of nitrogens with zero attached hydrogens (tertiary/aromatic N) is 2. The first-order chi connectivity index (χ1) is 23.3. The van der Waals surface area contributed by atoms with Gasteiger partial charge in [0.25, 0.3) is 5.89 Å². The minimum Gasteiger partial charge on any atom is -0.508 e. The van der Waals surface area contributed by atoms with Crippen molar-refractivity contribution in [3.63, 3.8) is 0 Å². The van der Waals surface area contributed by atoms with Crippen LogP contribution in [-0.2, 0) is 30.4 Å². The molecule has 1 saturated heterocycles. The van der Waals surface area contributed by atoms with E-state index in [1.807, 2.05) is 0 Å². The van der Waals surface area contributed by atoms with E-state index in [2.05, 4.69) is 20.9 Å². The zero-order valence-corrected chi connectivity index (χ0v) is 27.7. The van der Waals surface area contributed by atoms with Crippen LogP contribution in [0.15, 0.2) is 46.9 Å². The number of hydrogen-bond donors (Lipinski definition) is 5. The molecular weight excluding hydrogens is 638 g/mol. The van der Waals surface area contributed by atoms with Crippen molar-refractivity contribution in [2.75, 3.05) is 13.7 Å². The molecule has 15 heteroatoms. The number of para-hydroxylation sites is 1. The van der Waals surface area contributed by atoms with Gasteiger partial charge in [-0.1, -0.05) is 32.0 Å². The molecule has 4 rings (SSSR count). The largest absolute Gasteiger partial charge is 0.508 e. The van der Waals surface area contributed by atoms with Gasteiger partial charge in [0.15, 0.2) is 11.3 Å². The molecule has 1 aliphatic rings. The van der Waals surface area contributed by atoms with E-state index in [9.17, 15) is 39.0 Å². The molecule has 0 saturated carbocycles. The van der Waals surface area contributed by atoms with Gasteiger partial charge < -0.3 is 40.2 Å². The van der Waals surface area contributed by atoms with Gasteiger partial charge in [-0.25, -0.2) is 4.98 Å². The van der Waals surface area contributed by atoms with Crippen LogP contribution in [0.4, 0.5) is 0 Å². The van der Waals surface area contributed by atoms with Crippen LogP contribution in [0.3, 0.4) is 0 Å². The number of benzene rings is 2. The van der Waals surface area contributed by atoms with Crippen LogP contribution in [0.1, 0.15) is 62.7 Å². The van der Waals surface area contributed by atoms with Crippen molar-refractivity contribution in [2.24, 2.45) is 5.92 Å². The lowest BCUT2D eigenvalue weighted by atomic mass is 9.95. The van der Waals surface area contributed by atoms with Gasteiger partial charge in [-0.05, 0) is 55.0 Å². The molecule has 49 heavy (non-hydrogen) atoms. The van der Waals surface area contributed by atoms with Gasteiger partial charge in [-0.3, -0.25) is 28.8 Å². The van der Waals surface area contributed by atoms with Gasteiger partial charge >= 0.3 is 5.97 Å². The SMILES string of the molecule is COc1cccc2nc(C(=O)[C@H](CC(=O)O)NC(=O)[C@@H]3CCCCN3C(=O)[C@@H](NC(=O)[C@H](Cc3ccc(O)cc3)NC(C)=O)C(C)C)oc12. The maximum Gasteiger partial charge on any atom is 0.305 e. The van der Waals surface area contributed by atoms with Gasteiger partial charge in [-0.15, -0.1) is 0 Å². The summed E-state index contributed by atoms with van der Waals surface area (Å²) in [7, 11) is 1.41. The molecule has 2 aromatic carbocycles. The van der Waals surface area contributed by atoms with E-state index in [1.54, 1.807) is 44.2 Å². The number of likely N-dealkylation sites (tertiary alicyclic amines) is 1. The van der Waals surface area contributed by atoms with Gasteiger partial charge in [0.2, 0.25) is 29.4 Å². The number of oxazole rings is 1. The average molecular weight is 680 g/mol. The summed E-state index contributed by atoms with van der Waals surface area (Å²) in [5, 5.41) is 27.0. The lowest BCUT2D eigenvalue weighted by molar-refractivity contribution is -0.146. The molecule has 3 aromatic rings. The Morgan fingerprint density at radius 3 is 2.35 bits per heavy atom. The van der Waals surface area contributed by atoms with E-state index >= 15 is 0 Å². The molecule has 4 amide bonds. The molecule has 2 heterocycles. The Morgan fingerprint density at radius 1 is 1.00 bits per heavy atom. The van der Waals surface area contributed by atoms with Crippen molar-refractivity contribution in [3.8, 4) is 11.5 Å². The number of methoxy groups -OCH3 is 1. The number of nitrogens with one attached hydrogen (secondary N) is 3. The summed E-state index contributed by atoms with van der Waals surface area (Å²) in [5.74, 6) is -5.05. The third-order valence-electron chi connectivity index (χ3n) is 8.21. The van der Waals surface area contributed by atoms with Crippen molar-refractivity contribution in [3.05, 3.63) is 53.9 Å². The first-order valence-corrected chi connectivity index (χ1v) is 15.9. The highest BCUT2D eigenvalue weighted by Crippen LogP contribution is 2.27. The Kier molecular flexibility index (Phi) is 11.9. The summed E-state index contributed by atoms with van der Waals surface area (Å²) in [6.07, 6.45) is 0.717. The fraction of sp³-hybridized carbons (Fsp3) is 0.441. The Hall–Kier alpha value is -5.47. The molecule has 1 aliphatic heterocycles. The molecule has 0 radical (unpaired) electrons. The Bertz CT molecular complexity index is 1700. The number of Topliss-reactive ketones (excluding diaryl/α,β-unsaturated/α-hetero) is 1. The Balaban J connectivity index is 1.53. The Labute approximate surface area is 282 Å². The Morgan fingerprint density at radius 2 is 1.71 bits per heavy atom. The van der Waals surface area contributed by atoms with Gasteiger partial charge in [-0.2, -0.15) is 0 Å². The molecule has 0 bridgehead atoms. The second-order valence-corrected chi connectivity index (χ2v) is 12.2. The fourth-order valence-electron chi connectivity index (χ4n) is 5.73. The standard InChI is InChI=1S/C34H41N5O10/c1-18(2)28(38-31(45)24(35-19(3)40)16-20-11-13-21(41)14-12-20)34(47)39-15-6-5-9-25(39)32(46)36-23(17-27(42)43)29(44)33-37-22-8-7-10-26(48-4)30(22)49-33/h7-8,10-14,18,23-25,28,41H,5-6,9,15-17H2,1-4H3,(H,35,40)(H,36,46)(H,38,45)(H,42,43)/t23-,24-,25-,28-/m0/s1. The number of ether oxygens (including phenoxy) is 1. The first kappa shape index (κ1) is 36.4. The first-order valence-electron chi connectivity index (χ1n) is 15.9. The van der Waals surface area contributed by atoms with Crippen molar-refractivity contribution < 1.29 is 48.1 Å². The van der Waals surface area contributed by atoms with Crippen LogP contribution in [-0.4, -0.2) is 93.3 Å². The van der Waals surface area contributed by atoms with Gasteiger partial charge in [0.1, 0.15) is 35.4 Å². The summed E-state index contributed by atoms with van der Waals surface area (Å²) in [6, 6.07) is 6.25. The minimum absolute atomic E-state index is 0.0420. The second-order valence-electron chi connectivity index (χ2n) is 12.2. The van der Waals surface area contributed by atoms with E-state index in [0.29, 0.717) is 29.7 Å². The molecule has 0 unspecified atom stereocenters. The number of rotatable bonds is 14. The van der Waals surface area contributed by atoms with Crippen LogP contribution in [0.5, 0.6) is 11.5 Å². The summed E-state index contributed by atoms with van der Waals surface area (Å²) in [5.41, 5.74) is 1.15. The number of carboxylic acid groups (broad SMARTS) is 1. The number of carbonyl (C=O) groups is 6. The summed E-state index contributed by atoms with van der Waals surface area (Å²) in [6.45, 7) is 4.90. The van der Waals surface area contributed by atoms with Crippen LogP contribution in [0, 0.1) is 5.92 Å². The number of ketones is 1. The number of piperidine rings is 1. The smallest absolute Gasteiger partial charge is 0.305 e. The highest BCUT2D eigenvalue weighted by Gasteiger charge is 2.40. The van der Waals surface area contributed by atoms with E-state index in [-0.39, 0.29) is 30.7 Å². The number of carbonyl (C=O) groups excluding carboxylic acids is 5. The van der Waals surface area contributed by atoms with Crippen molar-refractivity contribution >= 4 is 46.5 Å². The summed E-state index contributed by atoms with van der Waals surface area (Å²) >= 11 is 0. The van der Waals surface area contributed by atoms with E-state index in [0.717, 1.165) is 0 Å². The highest BCUT2D eigenvalue weighted by atomic mass is 16.5. The highest BCUT2D eigenvalue weighted by molar-refractivity contribution is 6.03. The zero-order chi connectivity index (χ0) is 35.8. The molecule has 0 aliphatic carbocycles. The van der Waals surface area contributed by atoms with Crippen molar-refractivity contribution in [1.29, 1.82) is 0 Å². The monoisotopic (exact) mass is 679 g/mol. The molecule has 262 valence electrons. The third-order valence-corrected chi connectivity index (χ3v) is 8.21. The molecule has 5 N–H and O–H groups in total. The number of aromatic hydroxyl groups is 1. The van der Waals surface area contributed by atoms with E-state index in [1.165, 1.54) is 31.1 Å². The maximum absolute atomic E-state index is 14.0. The average Bonchev–Trinajstić information content (AvgIpc) is 3.51. The number of phenolic OH excluding ortho intramolecular Hbond substituents is 1. The van der Waals surface area contributed by atoms with Crippen LogP contribution in [0.2, 0.25) is 0 Å². The molecule has 0 spiro atoms. The zero-order valence-electron chi connectivity index (χ0n) is 27.7. The topological polar surface area (TPSA) is 217 Å². The van der Waals surface area contributed by atoms with Gasteiger partial charge in [0, 0.05) is 19.9 Å². The molecule has 1 fully saturated rings. The molecule has 4 atom stereocenters. The quantitative estimate of drug-likeness (QED) is 0.155. The summed E-state index contributed by atoms with van der Waals surface area (Å²) < 4.78 is 10.9. The number of aromatic nitrogens is 1. The van der Waals surface area contributed by atoms with E-state index < -0.39 is 77.8 Å². The predicted molar refractivity (Wildman–Crippen MR) is 175 cm³/mol. The van der Waals surface area contributed by atoms with Crippen molar-refractivity contribution in [2.45, 2.75) is 77.0 Å². The van der Waals surface area contributed by atoms with Crippen LogP contribution in [0.25, 0.3) is 11.1 Å². The number of fused-ring (bicyclic) bond motifs is 1. The van der Waals surface area contributed by atoms with Gasteiger partial charge in [0.05, 0.1) is 13.5 Å². The number of amides is 4. The summed E-state index contributed by atoms with van der Waals surface area (Å²) in [4.78, 5) is 83.9. The number of carboxylic acids is 1. The third kappa shape index (κ3) is 9.12. The van der Waals surface area contributed by atoms with Crippen molar-refractivity contribution in [1.82, 2.24) is 25.8 Å².